The van der Waals surface area contributed by atoms with Crippen LogP contribution < -0.4 is 5.32 Å². The van der Waals surface area contributed by atoms with Crippen LogP contribution in [0.3, 0.4) is 0 Å². The van der Waals surface area contributed by atoms with Gasteiger partial charge in [-0.3, -0.25) is 4.68 Å². The second-order valence-electron chi connectivity index (χ2n) is 5.02. The van der Waals surface area contributed by atoms with Gasteiger partial charge in [-0.2, -0.15) is 5.10 Å². The maximum atomic E-state index is 5.46. The monoisotopic (exact) mass is 251 g/mol. The highest BCUT2D eigenvalue weighted by molar-refractivity contribution is 4.89. The van der Waals surface area contributed by atoms with Gasteiger partial charge in [0.15, 0.2) is 6.29 Å². The van der Waals surface area contributed by atoms with E-state index in [9.17, 15) is 0 Å². The van der Waals surface area contributed by atoms with Gasteiger partial charge in [-0.15, -0.1) is 0 Å². The van der Waals surface area contributed by atoms with Gasteiger partial charge in [0.1, 0.15) is 0 Å². The highest BCUT2D eigenvalue weighted by Crippen LogP contribution is 2.28. The van der Waals surface area contributed by atoms with Crippen LogP contribution in [0.2, 0.25) is 0 Å². The smallest absolute Gasteiger partial charge is 0.170 e. The zero-order valence-electron chi connectivity index (χ0n) is 10.6. The fourth-order valence-corrected chi connectivity index (χ4v) is 2.92. The minimum absolute atomic E-state index is 0.0646. The van der Waals surface area contributed by atoms with E-state index in [4.69, 9.17) is 9.47 Å². The molecular formula is C13H21N3O2. The van der Waals surface area contributed by atoms with Gasteiger partial charge in [0.25, 0.3) is 0 Å². The standard InChI is InChI=1S/C13H21N3O2/c1-2-5-12(16-7-3-6-15-16)11(4-1)14-10-13-17-8-9-18-13/h3,6-7,11-14H,1-2,4-5,8-10H2/t11-,12-/m1/s1. The van der Waals surface area contributed by atoms with Crippen molar-refractivity contribution in [3.8, 4) is 0 Å². The lowest BCUT2D eigenvalue weighted by Crippen LogP contribution is -2.43. The lowest BCUT2D eigenvalue weighted by molar-refractivity contribution is -0.0423. The third kappa shape index (κ3) is 2.74. The van der Waals surface area contributed by atoms with Gasteiger partial charge in [-0.05, 0) is 18.9 Å². The maximum Gasteiger partial charge on any atom is 0.170 e. The highest BCUT2D eigenvalue weighted by Gasteiger charge is 2.27. The van der Waals surface area contributed by atoms with E-state index in [1.807, 2.05) is 12.3 Å². The molecule has 0 amide bonds. The van der Waals surface area contributed by atoms with E-state index < -0.39 is 0 Å². The van der Waals surface area contributed by atoms with E-state index >= 15 is 0 Å². The van der Waals surface area contributed by atoms with E-state index in [0.717, 1.165) is 19.8 Å². The summed E-state index contributed by atoms with van der Waals surface area (Å²) in [6.45, 7) is 2.22. The maximum absolute atomic E-state index is 5.46. The molecule has 1 N–H and O–H groups in total. The Morgan fingerprint density at radius 2 is 2.06 bits per heavy atom. The normalized spacial score (nSPS) is 29.8. The van der Waals surface area contributed by atoms with Gasteiger partial charge in [0, 0.05) is 25.0 Å². The van der Waals surface area contributed by atoms with E-state index in [1.54, 1.807) is 0 Å². The zero-order valence-corrected chi connectivity index (χ0v) is 10.6. The van der Waals surface area contributed by atoms with Crippen LogP contribution in [0.1, 0.15) is 31.7 Å². The molecule has 1 aromatic heterocycles. The van der Waals surface area contributed by atoms with Crippen LogP contribution in [0.15, 0.2) is 18.5 Å². The molecule has 0 spiro atoms. The van der Waals surface area contributed by atoms with E-state index in [0.29, 0.717) is 12.1 Å². The van der Waals surface area contributed by atoms with E-state index in [1.165, 1.54) is 25.7 Å². The molecule has 5 nitrogen and oxygen atoms in total. The summed E-state index contributed by atoms with van der Waals surface area (Å²) in [5.74, 6) is 0. The van der Waals surface area contributed by atoms with Gasteiger partial charge in [-0.1, -0.05) is 12.8 Å². The first kappa shape index (κ1) is 12.1. The Balaban J connectivity index is 1.57. The first-order valence-electron chi connectivity index (χ1n) is 6.89. The van der Waals surface area contributed by atoms with Crippen LogP contribution in [-0.4, -0.2) is 41.9 Å². The first-order valence-corrected chi connectivity index (χ1v) is 6.89. The van der Waals surface area contributed by atoms with Crippen molar-refractivity contribution in [2.24, 2.45) is 0 Å². The molecule has 1 saturated heterocycles. The Morgan fingerprint density at radius 3 is 2.83 bits per heavy atom. The summed E-state index contributed by atoms with van der Waals surface area (Å²) < 4.78 is 13.0. The first-order chi connectivity index (χ1) is 8.93. The lowest BCUT2D eigenvalue weighted by Gasteiger charge is -2.33. The largest absolute Gasteiger partial charge is 0.349 e. The number of hydrogen-bond donors (Lipinski definition) is 1. The molecule has 1 saturated carbocycles. The van der Waals surface area contributed by atoms with Crippen LogP contribution in [-0.2, 0) is 9.47 Å². The minimum Gasteiger partial charge on any atom is -0.349 e. The van der Waals surface area contributed by atoms with Crippen LogP contribution in [0, 0.1) is 0 Å². The third-order valence-electron chi connectivity index (χ3n) is 3.83. The molecule has 3 rings (SSSR count). The summed E-state index contributed by atoms with van der Waals surface area (Å²) in [7, 11) is 0. The number of nitrogens with one attached hydrogen (secondary N) is 1. The van der Waals surface area contributed by atoms with E-state index in [2.05, 4.69) is 21.3 Å². The summed E-state index contributed by atoms with van der Waals surface area (Å²) in [5.41, 5.74) is 0. The quantitative estimate of drug-likeness (QED) is 0.877. The Bertz CT molecular complexity index is 349. The molecule has 0 unspecified atom stereocenters. The summed E-state index contributed by atoms with van der Waals surface area (Å²) in [6.07, 6.45) is 8.84. The summed E-state index contributed by atoms with van der Waals surface area (Å²) in [6, 6.07) is 2.94. The number of aromatic nitrogens is 2. The molecule has 1 aliphatic carbocycles. The topological polar surface area (TPSA) is 48.3 Å². The molecule has 2 fully saturated rings. The zero-order chi connectivity index (χ0) is 12.2. The van der Waals surface area contributed by atoms with Crippen LogP contribution in [0.5, 0.6) is 0 Å². The molecule has 18 heavy (non-hydrogen) atoms. The average Bonchev–Trinajstić information content (AvgIpc) is 3.10. The van der Waals surface area contributed by atoms with Crippen LogP contribution in [0.25, 0.3) is 0 Å². The minimum atomic E-state index is -0.0646. The molecule has 2 atom stereocenters. The molecule has 100 valence electrons. The van der Waals surface area contributed by atoms with Crippen molar-refractivity contribution in [1.82, 2.24) is 15.1 Å². The fraction of sp³-hybridized carbons (Fsp3) is 0.769. The number of ether oxygens (including phenoxy) is 2. The second kappa shape index (κ2) is 5.82. The molecule has 0 aromatic carbocycles. The van der Waals surface area contributed by atoms with E-state index in [-0.39, 0.29) is 6.29 Å². The Kier molecular flexibility index (Phi) is 3.93. The summed E-state index contributed by atoms with van der Waals surface area (Å²) in [4.78, 5) is 0. The molecule has 0 bridgehead atoms. The SMILES string of the molecule is c1cnn([C@@H]2CCCC[C@H]2NCC2OCCO2)c1. The molecule has 1 aliphatic heterocycles. The third-order valence-corrected chi connectivity index (χ3v) is 3.83. The fourth-order valence-electron chi connectivity index (χ4n) is 2.92. The highest BCUT2D eigenvalue weighted by atomic mass is 16.7. The number of hydrogen-bond acceptors (Lipinski definition) is 4. The van der Waals surface area contributed by atoms with Crippen LogP contribution >= 0.6 is 0 Å². The van der Waals surface area contributed by atoms with Gasteiger partial charge in [0.05, 0.1) is 19.3 Å². The van der Waals surface area contributed by atoms with Crippen molar-refractivity contribution in [3.63, 3.8) is 0 Å². The molecule has 0 radical (unpaired) electrons. The van der Waals surface area contributed by atoms with Crippen molar-refractivity contribution in [2.75, 3.05) is 19.8 Å². The van der Waals surface area contributed by atoms with Crippen molar-refractivity contribution < 1.29 is 9.47 Å². The van der Waals surface area contributed by atoms with Crippen molar-refractivity contribution in [3.05, 3.63) is 18.5 Å². The molecular weight excluding hydrogens is 230 g/mol. The van der Waals surface area contributed by atoms with Gasteiger partial charge < -0.3 is 14.8 Å². The molecule has 2 heterocycles. The van der Waals surface area contributed by atoms with Crippen molar-refractivity contribution >= 4 is 0 Å². The Labute approximate surface area is 107 Å². The Hall–Kier alpha value is -0.910. The van der Waals surface area contributed by atoms with Crippen LogP contribution in [0.4, 0.5) is 0 Å². The number of rotatable bonds is 4. The Morgan fingerprint density at radius 1 is 1.22 bits per heavy atom. The van der Waals surface area contributed by atoms with Crippen molar-refractivity contribution in [2.45, 2.75) is 44.1 Å². The lowest BCUT2D eigenvalue weighted by atomic mass is 9.90. The molecule has 5 heteroatoms. The second-order valence-corrected chi connectivity index (χ2v) is 5.02. The average molecular weight is 251 g/mol. The molecule has 2 aliphatic rings. The van der Waals surface area contributed by atoms with Crippen molar-refractivity contribution in [1.29, 1.82) is 0 Å². The number of nitrogens with zero attached hydrogens (tertiary/aromatic N) is 2. The van der Waals surface area contributed by atoms with Gasteiger partial charge in [0.2, 0.25) is 0 Å². The van der Waals surface area contributed by atoms with Gasteiger partial charge in [-0.25, -0.2) is 0 Å². The van der Waals surface area contributed by atoms with Gasteiger partial charge >= 0.3 is 0 Å². The predicted octanol–water partition coefficient (Wildman–Crippen LogP) is 1.33. The summed E-state index contributed by atoms with van der Waals surface area (Å²) in [5, 5.41) is 7.98. The summed E-state index contributed by atoms with van der Waals surface area (Å²) >= 11 is 0. The predicted molar refractivity (Wildman–Crippen MR) is 67.2 cm³/mol. The molecule has 1 aromatic rings.